The van der Waals surface area contributed by atoms with E-state index in [2.05, 4.69) is 27.9 Å². The van der Waals surface area contributed by atoms with Gasteiger partial charge in [-0.25, -0.2) is 4.79 Å². The van der Waals surface area contributed by atoms with Crippen molar-refractivity contribution in [1.82, 2.24) is 0 Å². The van der Waals surface area contributed by atoms with Crippen molar-refractivity contribution in [2.24, 2.45) is 0 Å². The van der Waals surface area contributed by atoms with Gasteiger partial charge in [-0.2, -0.15) is 0 Å². The number of ether oxygens (including phenoxy) is 1. The normalized spacial score (nSPS) is 11.5. The van der Waals surface area contributed by atoms with Gasteiger partial charge in [0.25, 0.3) is 5.91 Å². The molecule has 5 heteroatoms. The SMILES string of the molecule is Cc1ccc(C)c(NC(=O)C(OC(=O)c2cccc(I)c2)c2ccccc2)c1. The highest BCUT2D eigenvalue weighted by molar-refractivity contribution is 14.1. The Morgan fingerprint density at radius 3 is 2.39 bits per heavy atom. The molecule has 0 aliphatic rings. The summed E-state index contributed by atoms with van der Waals surface area (Å²) in [5.74, 6) is -0.928. The average molecular weight is 485 g/mol. The first-order valence-corrected chi connectivity index (χ1v) is 9.91. The van der Waals surface area contributed by atoms with Crippen molar-refractivity contribution in [3.63, 3.8) is 0 Å². The second-order valence-corrected chi connectivity index (χ2v) is 7.76. The van der Waals surface area contributed by atoms with Crippen molar-refractivity contribution in [2.75, 3.05) is 5.32 Å². The molecule has 28 heavy (non-hydrogen) atoms. The lowest BCUT2D eigenvalue weighted by atomic mass is 10.1. The van der Waals surface area contributed by atoms with Gasteiger partial charge < -0.3 is 10.1 Å². The summed E-state index contributed by atoms with van der Waals surface area (Å²) >= 11 is 2.13. The second-order valence-electron chi connectivity index (χ2n) is 6.51. The van der Waals surface area contributed by atoms with Crippen LogP contribution in [0.25, 0.3) is 0 Å². The Balaban J connectivity index is 1.88. The zero-order chi connectivity index (χ0) is 20.1. The number of halogens is 1. The van der Waals surface area contributed by atoms with Gasteiger partial charge in [0, 0.05) is 14.8 Å². The zero-order valence-electron chi connectivity index (χ0n) is 15.6. The number of rotatable bonds is 5. The largest absolute Gasteiger partial charge is 0.444 e. The van der Waals surface area contributed by atoms with Crippen molar-refractivity contribution in [1.29, 1.82) is 0 Å². The summed E-state index contributed by atoms with van der Waals surface area (Å²) in [5, 5.41) is 2.90. The van der Waals surface area contributed by atoms with Crippen LogP contribution in [0.2, 0.25) is 0 Å². The number of esters is 1. The van der Waals surface area contributed by atoms with E-state index in [4.69, 9.17) is 4.74 Å². The van der Waals surface area contributed by atoms with Crippen molar-refractivity contribution in [3.05, 3.63) is 98.6 Å². The maximum Gasteiger partial charge on any atom is 0.339 e. The van der Waals surface area contributed by atoms with Crippen molar-refractivity contribution in [2.45, 2.75) is 20.0 Å². The Labute approximate surface area is 178 Å². The minimum atomic E-state index is -1.05. The maximum absolute atomic E-state index is 13.0. The van der Waals surface area contributed by atoms with Gasteiger partial charge in [0.1, 0.15) is 0 Å². The average Bonchev–Trinajstić information content (AvgIpc) is 2.69. The Morgan fingerprint density at radius 2 is 1.68 bits per heavy atom. The monoisotopic (exact) mass is 485 g/mol. The third kappa shape index (κ3) is 4.98. The fraction of sp³-hybridized carbons (Fsp3) is 0.130. The van der Waals surface area contributed by atoms with Crippen LogP contribution in [0, 0.1) is 17.4 Å². The van der Waals surface area contributed by atoms with Crippen LogP contribution in [0.1, 0.15) is 33.2 Å². The number of aryl methyl sites for hydroxylation is 2. The van der Waals surface area contributed by atoms with Gasteiger partial charge >= 0.3 is 5.97 Å². The zero-order valence-corrected chi connectivity index (χ0v) is 17.8. The first kappa shape index (κ1) is 20.1. The van der Waals surface area contributed by atoms with Crippen LogP contribution in [0.4, 0.5) is 5.69 Å². The third-order valence-corrected chi connectivity index (χ3v) is 4.95. The molecule has 0 radical (unpaired) electrons. The molecule has 1 N–H and O–H groups in total. The van der Waals surface area contributed by atoms with Gasteiger partial charge in [0.05, 0.1) is 5.56 Å². The first-order chi connectivity index (χ1) is 13.4. The molecule has 0 fully saturated rings. The van der Waals surface area contributed by atoms with E-state index in [1.54, 1.807) is 30.3 Å². The van der Waals surface area contributed by atoms with Crippen LogP contribution in [-0.4, -0.2) is 11.9 Å². The lowest BCUT2D eigenvalue weighted by Gasteiger charge is -2.19. The fourth-order valence-corrected chi connectivity index (χ4v) is 3.30. The van der Waals surface area contributed by atoms with E-state index in [0.717, 1.165) is 14.7 Å². The molecule has 0 saturated heterocycles. The van der Waals surface area contributed by atoms with Crippen molar-refractivity contribution >= 4 is 40.2 Å². The lowest BCUT2D eigenvalue weighted by molar-refractivity contribution is -0.125. The first-order valence-electron chi connectivity index (χ1n) is 8.83. The number of anilines is 1. The van der Waals surface area contributed by atoms with Gasteiger partial charge in [-0.15, -0.1) is 0 Å². The van der Waals surface area contributed by atoms with Crippen molar-refractivity contribution in [3.8, 4) is 0 Å². The predicted octanol–water partition coefficient (Wildman–Crippen LogP) is 5.44. The van der Waals surface area contributed by atoms with E-state index in [1.165, 1.54) is 0 Å². The molecule has 0 aromatic heterocycles. The lowest BCUT2D eigenvalue weighted by Crippen LogP contribution is -2.26. The molecule has 1 unspecified atom stereocenters. The molecule has 0 heterocycles. The molecule has 1 amide bonds. The summed E-state index contributed by atoms with van der Waals surface area (Å²) in [5.41, 5.74) is 3.70. The third-order valence-electron chi connectivity index (χ3n) is 4.28. The van der Waals surface area contributed by atoms with Gasteiger partial charge in [0.2, 0.25) is 6.10 Å². The molecule has 3 rings (SSSR count). The second kappa shape index (κ2) is 9.01. The van der Waals surface area contributed by atoms with Gasteiger partial charge in [-0.3, -0.25) is 4.79 Å². The molecular formula is C23H20INO3. The Bertz CT molecular complexity index is 1000. The molecular weight excluding hydrogens is 465 g/mol. The van der Waals surface area contributed by atoms with Crippen LogP contribution in [0.15, 0.2) is 72.8 Å². The number of benzene rings is 3. The molecule has 1 atom stereocenters. The molecule has 0 spiro atoms. The predicted molar refractivity (Wildman–Crippen MR) is 118 cm³/mol. The highest BCUT2D eigenvalue weighted by Gasteiger charge is 2.26. The molecule has 0 saturated carbocycles. The van der Waals surface area contributed by atoms with Gasteiger partial charge in [-0.05, 0) is 71.8 Å². The maximum atomic E-state index is 13.0. The van der Waals surface area contributed by atoms with Gasteiger partial charge in [0.15, 0.2) is 0 Å². The van der Waals surface area contributed by atoms with E-state index in [-0.39, 0.29) is 5.91 Å². The molecule has 3 aromatic carbocycles. The van der Waals surface area contributed by atoms with Crippen LogP contribution in [-0.2, 0) is 9.53 Å². The minimum absolute atomic E-state index is 0.390. The molecule has 4 nitrogen and oxygen atoms in total. The molecule has 0 bridgehead atoms. The van der Waals surface area contributed by atoms with Crippen LogP contribution in [0.3, 0.4) is 0 Å². The molecule has 3 aromatic rings. The van der Waals surface area contributed by atoms with E-state index >= 15 is 0 Å². The number of hydrogen-bond donors (Lipinski definition) is 1. The number of nitrogens with one attached hydrogen (secondary N) is 1. The number of carbonyl (C=O) groups excluding carboxylic acids is 2. The minimum Gasteiger partial charge on any atom is -0.444 e. The van der Waals surface area contributed by atoms with E-state index < -0.39 is 12.1 Å². The van der Waals surface area contributed by atoms with E-state index in [9.17, 15) is 9.59 Å². The summed E-state index contributed by atoms with van der Waals surface area (Å²) in [6.45, 7) is 3.88. The number of amides is 1. The fourth-order valence-electron chi connectivity index (χ4n) is 2.76. The quantitative estimate of drug-likeness (QED) is 0.387. The summed E-state index contributed by atoms with van der Waals surface area (Å²) in [6, 6.07) is 21.9. The highest BCUT2D eigenvalue weighted by atomic mass is 127. The van der Waals surface area contributed by atoms with E-state index in [1.807, 2.05) is 56.3 Å². The Hall–Kier alpha value is -2.67. The van der Waals surface area contributed by atoms with Crippen LogP contribution < -0.4 is 5.32 Å². The molecule has 0 aliphatic heterocycles. The summed E-state index contributed by atoms with van der Waals surface area (Å²) in [4.78, 5) is 25.7. The topological polar surface area (TPSA) is 55.4 Å². The summed E-state index contributed by atoms with van der Waals surface area (Å²) in [7, 11) is 0. The van der Waals surface area contributed by atoms with Crippen LogP contribution >= 0.6 is 22.6 Å². The highest BCUT2D eigenvalue weighted by Crippen LogP contribution is 2.24. The van der Waals surface area contributed by atoms with E-state index in [0.29, 0.717) is 16.8 Å². The van der Waals surface area contributed by atoms with Gasteiger partial charge in [-0.1, -0.05) is 48.5 Å². The van der Waals surface area contributed by atoms with Crippen LogP contribution in [0.5, 0.6) is 0 Å². The molecule has 142 valence electrons. The summed E-state index contributed by atoms with van der Waals surface area (Å²) in [6.07, 6.45) is -1.05. The summed E-state index contributed by atoms with van der Waals surface area (Å²) < 4.78 is 6.55. The Kier molecular flexibility index (Phi) is 6.46. The standard InChI is InChI=1S/C23H20INO3/c1-15-11-12-16(2)20(13-15)25-22(26)21(17-7-4-3-5-8-17)28-23(27)18-9-6-10-19(24)14-18/h3-14,21H,1-2H3,(H,25,26). The number of carbonyl (C=O) groups is 2. The molecule has 0 aliphatic carbocycles. The smallest absolute Gasteiger partial charge is 0.339 e. The van der Waals surface area contributed by atoms with Crippen molar-refractivity contribution < 1.29 is 14.3 Å². The number of hydrogen-bond acceptors (Lipinski definition) is 3. The Morgan fingerprint density at radius 1 is 0.929 bits per heavy atom.